The molecule has 7 nitrogen and oxygen atoms in total. The molecule has 1 aliphatic heterocycles. The van der Waals surface area contributed by atoms with E-state index in [1.165, 1.54) is 17.3 Å². The Hall–Kier alpha value is -2.06. The summed E-state index contributed by atoms with van der Waals surface area (Å²) in [4.78, 5) is 14.8. The van der Waals surface area contributed by atoms with E-state index in [1.54, 1.807) is 0 Å². The lowest BCUT2D eigenvalue weighted by molar-refractivity contribution is -0.115. The number of rotatable bonds is 6. The number of hydrogen-bond acceptors (Lipinski definition) is 6. The molecule has 1 aromatic carbocycles. The Kier molecular flexibility index (Phi) is 5.36. The molecule has 2 fully saturated rings. The maximum absolute atomic E-state index is 12.6. The average Bonchev–Trinajstić information content (AvgIpc) is 3.44. The second-order valence-electron chi connectivity index (χ2n) is 7.10. The molecule has 8 heteroatoms. The molecule has 1 atom stereocenters. The van der Waals surface area contributed by atoms with Crippen molar-refractivity contribution < 1.29 is 9.53 Å². The smallest absolute Gasteiger partial charge is 0.237 e. The number of nitrogens with zero attached hydrogens (tertiary/aromatic N) is 4. The molecule has 2 aliphatic rings. The number of aromatic nitrogens is 3. The molecule has 1 amide bonds. The second kappa shape index (κ2) is 7.90. The Morgan fingerprint density at radius 2 is 1.93 bits per heavy atom. The summed E-state index contributed by atoms with van der Waals surface area (Å²) in [6.45, 7) is 7.04. The molecule has 0 radical (unpaired) electrons. The normalized spacial score (nSPS) is 18.4. The molecule has 2 aromatic rings. The van der Waals surface area contributed by atoms with Gasteiger partial charge in [0, 0.05) is 24.8 Å². The van der Waals surface area contributed by atoms with Gasteiger partial charge < -0.3 is 15.0 Å². The maximum atomic E-state index is 12.6. The number of morpholine rings is 1. The summed E-state index contributed by atoms with van der Waals surface area (Å²) in [7, 11) is 0. The largest absolute Gasteiger partial charge is 0.378 e. The van der Waals surface area contributed by atoms with Gasteiger partial charge >= 0.3 is 0 Å². The lowest BCUT2D eigenvalue weighted by Crippen LogP contribution is -2.38. The molecule has 4 rings (SSSR count). The van der Waals surface area contributed by atoms with Crippen molar-refractivity contribution in [3.05, 3.63) is 29.8 Å². The number of aryl methyl sites for hydroxylation is 1. The Labute approximate surface area is 163 Å². The molecule has 144 valence electrons. The van der Waals surface area contributed by atoms with Crippen molar-refractivity contribution in [2.45, 2.75) is 43.1 Å². The molecule has 1 aliphatic carbocycles. The second-order valence-corrected chi connectivity index (χ2v) is 8.41. The third-order valence-corrected chi connectivity index (χ3v) is 5.88. The average molecular weight is 388 g/mol. The molecule has 1 saturated heterocycles. The summed E-state index contributed by atoms with van der Waals surface area (Å²) in [6.07, 6.45) is 2.29. The number of nitrogens with one attached hydrogen (secondary N) is 1. The Balaban J connectivity index is 1.45. The molecule has 1 unspecified atom stereocenters. The summed E-state index contributed by atoms with van der Waals surface area (Å²) in [5, 5.41) is 12.4. The fraction of sp³-hybridized carbons (Fsp3) is 0.526. The van der Waals surface area contributed by atoms with Crippen LogP contribution in [0.1, 0.15) is 31.4 Å². The molecule has 27 heavy (non-hydrogen) atoms. The van der Waals surface area contributed by atoms with E-state index in [0.29, 0.717) is 6.04 Å². The number of ether oxygens (including phenoxy) is 1. The molecule has 2 heterocycles. The van der Waals surface area contributed by atoms with E-state index in [4.69, 9.17) is 4.74 Å². The monoisotopic (exact) mass is 387 g/mol. The summed E-state index contributed by atoms with van der Waals surface area (Å²) in [5.41, 5.74) is 1.99. The summed E-state index contributed by atoms with van der Waals surface area (Å²) in [5.74, 6) is 0.886. The summed E-state index contributed by atoms with van der Waals surface area (Å²) >= 11 is 1.47. The van der Waals surface area contributed by atoms with E-state index in [1.807, 2.05) is 38.1 Å². The van der Waals surface area contributed by atoms with Crippen LogP contribution < -0.4 is 10.2 Å². The van der Waals surface area contributed by atoms with Crippen LogP contribution in [0.3, 0.4) is 0 Å². The molecule has 1 aromatic heterocycles. The first-order valence-corrected chi connectivity index (χ1v) is 10.3. The number of amides is 1. The Morgan fingerprint density at radius 3 is 2.59 bits per heavy atom. The Bertz CT molecular complexity index is 797. The highest BCUT2D eigenvalue weighted by Crippen LogP contribution is 2.41. The molecule has 0 bridgehead atoms. The van der Waals surface area contributed by atoms with Crippen molar-refractivity contribution in [1.29, 1.82) is 0 Å². The standard InChI is InChI=1S/C19H25N5O2S/c1-13-3-5-15(6-4-13)20-17(25)14(2)27-19-22-21-18(24(19)16-7-8-16)23-9-11-26-12-10-23/h3-6,14,16H,7-12H2,1-2H3,(H,20,25). The molecule has 1 saturated carbocycles. The fourth-order valence-corrected chi connectivity index (χ4v) is 3.99. The number of carbonyl (C=O) groups is 1. The van der Waals surface area contributed by atoms with Gasteiger partial charge in [0.25, 0.3) is 0 Å². The highest BCUT2D eigenvalue weighted by Gasteiger charge is 2.33. The van der Waals surface area contributed by atoms with Gasteiger partial charge in [0.05, 0.1) is 18.5 Å². The molecular weight excluding hydrogens is 362 g/mol. The molecule has 1 N–H and O–H groups in total. The van der Waals surface area contributed by atoms with Crippen molar-refractivity contribution in [3.8, 4) is 0 Å². The van der Waals surface area contributed by atoms with E-state index in [-0.39, 0.29) is 11.2 Å². The highest BCUT2D eigenvalue weighted by molar-refractivity contribution is 8.00. The number of anilines is 2. The van der Waals surface area contributed by atoms with Crippen molar-refractivity contribution in [2.24, 2.45) is 0 Å². The van der Waals surface area contributed by atoms with Crippen LogP contribution in [0.5, 0.6) is 0 Å². The van der Waals surface area contributed by atoms with Crippen LogP contribution in [0.4, 0.5) is 11.6 Å². The van der Waals surface area contributed by atoms with E-state index >= 15 is 0 Å². The minimum absolute atomic E-state index is 0.0258. The molecule has 0 spiro atoms. The van der Waals surface area contributed by atoms with Crippen LogP contribution in [-0.4, -0.2) is 52.2 Å². The first-order chi connectivity index (χ1) is 13.1. The quantitative estimate of drug-likeness (QED) is 0.769. The van der Waals surface area contributed by atoms with Crippen molar-refractivity contribution >= 4 is 29.3 Å². The van der Waals surface area contributed by atoms with Gasteiger partial charge in [-0.1, -0.05) is 29.5 Å². The van der Waals surface area contributed by atoms with Crippen LogP contribution in [0.25, 0.3) is 0 Å². The zero-order valence-electron chi connectivity index (χ0n) is 15.7. The summed E-state index contributed by atoms with van der Waals surface area (Å²) in [6, 6.07) is 8.28. The van der Waals surface area contributed by atoms with E-state index < -0.39 is 0 Å². The first kappa shape index (κ1) is 18.3. The zero-order chi connectivity index (χ0) is 18.8. The van der Waals surface area contributed by atoms with Gasteiger partial charge in [0.2, 0.25) is 11.9 Å². The predicted molar refractivity (Wildman–Crippen MR) is 106 cm³/mol. The first-order valence-electron chi connectivity index (χ1n) is 9.43. The van der Waals surface area contributed by atoms with Gasteiger partial charge in [-0.2, -0.15) is 0 Å². The van der Waals surface area contributed by atoms with E-state index in [9.17, 15) is 4.79 Å². The van der Waals surface area contributed by atoms with Gasteiger partial charge in [-0.15, -0.1) is 10.2 Å². The van der Waals surface area contributed by atoms with Gasteiger partial charge in [0.15, 0.2) is 5.16 Å². The maximum Gasteiger partial charge on any atom is 0.237 e. The van der Waals surface area contributed by atoms with E-state index in [2.05, 4.69) is 25.0 Å². The van der Waals surface area contributed by atoms with Crippen LogP contribution in [0.2, 0.25) is 0 Å². The van der Waals surface area contributed by atoms with E-state index in [0.717, 1.165) is 55.9 Å². The van der Waals surface area contributed by atoms with Gasteiger partial charge in [0.1, 0.15) is 0 Å². The van der Waals surface area contributed by atoms with Crippen LogP contribution >= 0.6 is 11.8 Å². The highest BCUT2D eigenvalue weighted by atomic mass is 32.2. The van der Waals surface area contributed by atoms with Crippen LogP contribution in [-0.2, 0) is 9.53 Å². The molecular formula is C19H25N5O2S. The van der Waals surface area contributed by atoms with Crippen molar-refractivity contribution in [3.63, 3.8) is 0 Å². The SMILES string of the molecule is Cc1ccc(NC(=O)C(C)Sc2nnc(N3CCOCC3)n2C2CC2)cc1. The van der Waals surface area contributed by atoms with Crippen molar-refractivity contribution in [2.75, 3.05) is 36.5 Å². The summed E-state index contributed by atoms with van der Waals surface area (Å²) < 4.78 is 7.66. The predicted octanol–water partition coefficient (Wildman–Crippen LogP) is 2.88. The number of thioether (sulfide) groups is 1. The zero-order valence-corrected chi connectivity index (χ0v) is 16.5. The van der Waals surface area contributed by atoms with Gasteiger partial charge in [-0.3, -0.25) is 9.36 Å². The lowest BCUT2D eigenvalue weighted by atomic mass is 10.2. The van der Waals surface area contributed by atoms with Gasteiger partial charge in [-0.25, -0.2) is 0 Å². The van der Waals surface area contributed by atoms with Gasteiger partial charge in [-0.05, 0) is 38.8 Å². The number of hydrogen-bond donors (Lipinski definition) is 1. The van der Waals surface area contributed by atoms with Crippen molar-refractivity contribution in [1.82, 2.24) is 14.8 Å². The third-order valence-electron chi connectivity index (χ3n) is 4.82. The Morgan fingerprint density at radius 1 is 1.22 bits per heavy atom. The topological polar surface area (TPSA) is 72.3 Å². The fourth-order valence-electron chi connectivity index (χ4n) is 3.07. The minimum atomic E-state index is -0.259. The number of carbonyl (C=O) groups excluding carboxylic acids is 1. The number of benzene rings is 1. The lowest BCUT2D eigenvalue weighted by Gasteiger charge is -2.28. The minimum Gasteiger partial charge on any atom is -0.378 e. The third kappa shape index (κ3) is 4.27. The van der Waals surface area contributed by atoms with Crippen LogP contribution in [0, 0.1) is 6.92 Å². The van der Waals surface area contributed by atoms with Crippen LogP contribution in [0.15, 0.2) is 29.4 Å².